The highest BCUT2D eigenvalue weighted by atomic mass is 35.5. The van der Waals surface area contributed by atoms with Crippen molar-refractivity contribution in [1.29, 1.82) is 0 Å². The molecule has 1 aromatic carbocycles. The average Bonchev–Trinajstić information content (AvgIpc) is 3.41. The smallest absolute Gasteiger partial charge is 0.261 e. The predicted octanol–water partition coefficient (Wildman–Crippen LogP) is 3.85. The van der Waals surface area contributed by atoms with Crippen molar-refractivity contribution >= 4 is 40.4 Å². The Balaban J connectivity index is 1.42. The first-order chi connectivity index (χ1) is 15.9. The molecule has 0 aliphatic heterocycles. The van der Waals surface area contributed by atoms with Crippen molar-refractivity contribution in [1.82, 2.24) is 9.88 Å². The predicted molar refractivity (Wildman–Crippen MR) is 125 cm³/mol. The van der Waals surface area contributed by atoms with Crippen LogP contribution in [0.25, 0.3) is 5.69 Å². The zero-order valence-corrected chi connectivity index (χ0v) is 19.2. The van der Waals surface area contributed by atoms with Crippen molar-refractivity contribution < 1.29 is 18.7 Å². The second-order valence-electron chi connectivity index (χ2n) is 7.69. The number of aromatic nitrogens is 1. The number of carbonyl (C=O) groups excluding carboxylic acids is 2. The van der Waals surface area contributed by atoms with Gasteiger partial charge in [-0.25, -0.2) is 4.39 Å². The largest absolute Gasteiger partial charge is 0.379 e. The van der Waals surface area contributed by atoms with E-state index in [-0.39, 0.29) is 35.2 Å². The molecule has 10 heteroatoms. The molecule has 0 unspecified atom stereocenters. The number of halogens is 2. The van der Waals surface area contributed by atoms with E-state index >= 15 is 0 Å². The van der Waals surface area contributed by atoms with Crippen LogP contribution in [0.4, 0.5) is 10.1 Å². The van der Waals surface area contributed by atoms with Crippen LogP contribution in [0.3, 0.4) is 0 Å². The lowest BCUT2D eigenvalue weighted by Crippen LogP contribution is -2.40. The Bertz CT molecular complexity index is 1240. The Hall–Kier alpha value is -3.01. The summed E-state index contributed by atoms with van der Waals surface area (Å²) < 4.78 is 22.0. The van der Waals surface area contributed by atoms with Gasteiger partial charge in [-0.3, -0.25) is 19.0 Å². The molecule has 3 aromatic rings. The van der Waals surface area contributed by atoms with Gasteiger partial charge in [0.25, 0.3) is 11.5 Å². The molecule has 1 aliphatic rings. The molecular weight excluding hydrogens is 469 g/mol. The van der Waals surface area contributed by atoms with E-state index in [1.807, 2.05) is 0 Å². The van der Waals surface area contributed by atoms with Crippen molar-refractivity contribution in [2.75, 3.05) is 12.4 Å². The molecule has 0 saturated heterocycles. The summed E-state index contributed by atoms with van der Waals surface area (Å²) in [7, 11) is 1.52. The van der Waals surface area contributed by atoms with Crippen LogP contribution in [0, 0.1) is 11.7 Å². The normalized spacial score (nSPS) is 19.9. The van der Waals surface area contributed by atoms with E-state index in [1.54, 1.807) is 30.3 Å². The topological polar surface area (TPSA) is 89.4 Å². The Kier molecular flexibility index (Phi) is 6.92. The van der Waals surface area contributed by atoms with Crippen molar-refractivity contribution in [2.24, 2.45) is 5.92 Å². The monoisotopic (exact) mass is 489 g/mol. The van der Waals surface area contributed by atoms with Crippen LogP contribution < -0.4 is 16.2 Å². The SMILES string of the molecule is CO[C@H]1C[C@H](C(=O)Nc2ccc(-n3ccccc3=O)cc2F)C[C@H]1NC(=O)c1ccc(Cl)s1. The van der Waals surface area contributed by atoms with Crippen molar-refractivity contribution in [3.63, 3.8) is 0 Å². The van der Waals surface area contributed by atoms with Gasteiger partial charge in [0, 0.05) is 31.4 Å². The molecule has 172 valence electrons. The molecular formula is C23H21ClFN3O4S. The number of pyridine rings is 1. The minimum Gasteiger partial charge on any atom is -0.379 e. The van der Waals surface area contributed by atoms with Crippen LogP contribution in [0.1, 0.15) is 22.5 Å². The average molecular weight is 490 g/mol. The van der Waals surface area contributed by atoms with Crippen LogP contribution in [0.5, 0.6) is 0 Å². The zero-order chi connectivity index (χ0) is 23.5. The molecule has 33 heavy (non-hydrogen) atoms. The number of amides is 2. The first-order valence-electron chi connectivity index (χ1n) is 10.2. The Morgan fingerprint density at radius 3 is 2.67 bits per heavy atom. The molecule has 3 atom stereocenters. The molecule has 2 heterocycles. The van der Waals surface area contributed by atoms with Crippen LogP contribution in [-0.2, 0) is 9.53 Å². The number of hydrogen-bond donors (Lipinski definition) is 2. The molecule has 2 aromatic heterocycles. The van der Waals surface area contributed by atoms with E-state index in [0.717, 1.165) is 0 Å². The molecule has 2 N–H and O–H groups in total. The van der Waals surface area contributed by atoms with Gasteiger partial charge in [-0.2, -0.15) is 0 Å². The van der Waals surface area contributed by atoms with E-state index in [4.69, 9.17) is 16.3 Å². The fourth-order valence-electron chi connectivity index (χ4n) is 3.93. The lowest BCUT2D eigenvalue weighted by Gasteiger charge is -2.18. The minimum absolute atomic E-state index is 0.0161. The van der Waals surface area contributed by atoms with Crippen LogP contribution in [0.15, 0.2) is 59.5 Å². The molecule has 4 rings (SSSR count). The maximum absolute atomic E-state index is 14.7. The highest BCUT2D eigenvalue weighted by Gasteiger charge is 2.39. The lowest BCUT2D eigenvalue weighted by atomic mass is 10.1. The molecule has 2 amide bonds. The standard InChI is InChI=1S/C23H21ClFN3O4S/c1-32-18-11-13(10-17(18)27-23(31)19-7-8-20(24)33-19)22(30)26-16-6-5-14(12-15(16)25)28-9-3-2-4-21(28)29/h2-9,12-13,17-18H,10-11H2,1H3,(H,26,30)(H,27,31)/t13-,17-,18+/m1/s1. The number of ether oxygens (including phenoxy) is 1. The maximum atomic E-state index is 14.7. The van der Waals surface area contributed by atoms with Crippen LogP contribution in [-0.4, -0.2) is 35.6 Å². The Labute approximate surface area is 198 Å². The molecule has 0 bridgehead atoms. The Morgan fingerprint density at radius 1 is 1.18 bits per heavy atom. The second kappa shape index (κ2) is 9.86. The summed E-state index contributed by atoms with van der Waals surface area (Å²) in [6, 6.07) is 11.7. The number of carbonyl (C=O) groups is 2. The van der Waals surface area contributed by atoms with Gasteiger partial charge >= 0.3 is 0 Å². The highest BCUT2D eigenvalue weighted by Crippen LogP contribution is 2.31. The lowest BCUT2D eigenvalue weighted by molar-refractivity contribution is -0.120. The molecule has 1 saturated carbocycles. The number of nitrogens with zero attached hydrogens (tertiary/aromatic N) is 1. The minimum atomic E-state index is -0.655. The molecule has 1 fully saturated rings. The summed E-state index contributed by atoms with van der Waals surface area (Å²) in [5.41, 5.74) is 0.0819. The number of rotatable bonds is 6. The van der Waals surface area contributed by atoms with E-state index in [2.05, 4.69) is 10.6 Å². The van der Waals surface area contributed by atoms with Gasteiger partial charge in [-0.05, 0) is 43.2 Å². The highest BCUT2D eigenvalue weighted by molar-refractivity contribution is 7.18. The summed E-state index contributed by atoms with van der Waals surface area (Å²) in [5, 5.41) is 5.52. The van der Waals surface area contributed by atoms with E-state index in [0.29, 0.717) is 27.7 Å². The summed E-state index contributed by atoms with van der Waals surface area (Å²) in [6.07, 6.45) is 1.93. The van der Waals surface area contributed by atoms with Gasteiger partial charge in [-0.1, -0.05) is 17.7 Å². The quantitative estimate of drug-likeness (QED) is 0.550. The first kappa shape index (κ1) is 23.2. The van der Waals surface area contributed by atoms with E-state index < -0.39 is 11.7 Å². The molecule has 0 radical (unpaired) electrons. The maximum Gasteiger partial charge on any atom is 0.261 e. The second-order valence-corrected chi connectivity index (χ2v) is 9.40. The number of hydrogen-bond acceptors (Lipinski definition) is 5. The number of benzene rings is 1. The van der Waals surface area contributed by atoms with Gasteiger partial charge < -0.3 is 15.4 Å². The molecule has 0 spiro atoms. The van der Waals surface area contributed by atoms with E-state index in [9.17, 15) is 18.8 Å². The Morgan fingerprint density at radius 2 is 2.00 bits per heavy atom. The van der Waals surface area contributed by atoms with Gasteiger partial charge in [0.1, 0.15) is 5.82 Å². The zero-order valence-electron chi connectivity index (χ0n) is 17.6. The van der Waals surface area contributed by atoms with Crippen LogP contribution in [0.2, 0.25) is 4.34 Å². The third-order valence-electron chi connectivity index (χ3n) is 5.60. The van der Waals surface area contributed by atoms with Gasteiger partial charge in [0.15, 0.2) is 0 Å². The van der Waals surface area contributed by atoms with Gasteiger partial charge in [-0.15, -0.1) is 11.3 Å². The van der Waals surface area contributed by atoms with Crippen molar-refractivity contribution in [3.8, 4) is 5.69 Å². The third kappa shape index (κ3) is 5.16. The van der Waals surface area contributed by atoms with Crippen molar-refractivity contribution in [3.05, 3.63) is 80.1 Å². The fourth-order valence-corrected chi connectivity index (χ4v) is 4.88. The number of anilines is 1. The summed E-state index contributed by atoms with van der Waals surface area (Å²) in [6.45, 7) is 0. The van der Waals surface area contributed by atoms with Crippen LogP contribution >= 0.6 is 22.9 Å². The van der Waals surface area contributed by atoms with Gasteiger partial charge in [0.2, 0.25) is 5.91 Å². The van der Waals surface area contributed by atoms with Crippen molar-refractivity contribution in [2.45, 2.75) is 25.0 Å². The van der Waals surface area contributed by atoms with Gasteiger partial charge in [0.05, 0.1) is 32.7 Å². The molecule has 7 nitrogen and oxygen atoms in total. The molecule has 1 aliphatic carbocycles. The number of nitrogens with one attached hydrogen (secondary N) is 2. The first-order valence-corrected chi connectivity index (χ1v) is 11.4. The number of thiophene rings is 1. The summed E-state index contributed by atoms with van der Waals surface area (Å²) >= 11 is 7.07. The third-order valence-corrected chi connectivity index (χ3v) is 6.83. The summed E-state index contributed by atoms with van der Waals surface area (Å²) in [5.74, 6) is -1.77. The van der Waals surface area contributed by atoms with E-state index in [1.165, 1.54) is 47.4 Å². The number of methoxy groups -OCH3 is 1. The summed E-state index contributed by atoms with van der Waals surface area (Å²) in [4.78, 5) is 37.7. The fraction of sp³-hybridized carbons (Fsp3) is 0.261.